The van der Waals surface area contributed by atoms with Crippen molar-refractivity contribution in [2.45, 2.75) is 31.8 Å². The third kappa shape index (κ3) is 4.52. The molecule has 1 aliphatic rings. The third-order valence-corrected chi connectivity index (χ3v) is 7.26. The summed E-state index contributed by atoms with van der Waals surface area (Å²) in [5, 5.41) is 5.99. The molecule has 178 valence electrons. The molecule has 8 heteroatoms. The van der Waals surface area contributed by atoms with E-state index in [-0.39, 0.29) is 12.0 Å². The van der Waals surface area contributed by atoms with Crippen LogP contribution in [0.2, 0.25) is 15.1 Å². The lowest BCUT2D eigenvalue weighted by molar-refractivity contribution is 0.269. The van der Waals surface area contributed by atoms with Gasteiger partial charge in [-0.3, -0.25) is 4.57 Å². The molecule has 1 aliphatic carbocycles. The van der Waals surface area contributed by atoms with Crippen molar-refractivity contribution in [1.29, 1.82) is 0 Å². The van der Waals surface area contributed by atoms with Crippen molar-refractivity contribution >= 4 is 40.7 Å². The van der Waals surface area contributed by atoms with Gasteiger partial charge in [0.2, 0.25) is 5.90 Å². The van der Waals surface area contributed by atoms with Crippen LogP contribution in [0.3, 0.4) is 0 Å². The summed E-state index contributed by atoms with van der Waals surface area (Å²) >= 11 is 18.8. The van der Waals surface area contributed by atoms with Crippen LogP contribution in [0, 0.1) is 6.92 Å². The normalized spacial score (nSPS) is 14.7. The molecule has 0 spiro atoms. The molecule has 2 N–H and O–H groups in total. The average Bonchev–Trinajstić information content (AvgIpc) is 3.60. The van der Waals surface area contributed by atoms with Gasteiger partial charge in [0.1, 0.15) is 12.4 Å². The van der Waals surface area contributed by atoms with Crippen LogP contribution in [0.4, 0.5) is 0 Å². The number of hydrogen-bond acceptors (Lipinski definition) is 4. The lowest BCUT2D eigenvalue weighted by atomic mass is 9.96. The highest BCUT2D eigenvalue weighted by Crippen LogP contribution is 2.50. The molecule has 3 aromatic carbocycles. The minimum absolute atomic E-state index is 0.218. The number of hydrazone groups is 1. The first-order valence-corrected chi connectivity index (χ1v) is 12.3. The van der Waals surface area contributed by atoms with Crippen LogP contribution in [0.5, 0.6) is 0 Å². The van der Waals surface area contributed by atoms with Crippen molar-refractivity contribution in [3.8, 4) is 17.1 Å². The fraction of sp³-hybridized carbons (Fsp3) is 0.185. The molecule has 0 atom stereocenters. The van der Waals surface area contributed by atoms with E-state index in [9.17, 15) is 0 Å². The average molecular weight is 526 g/mol. The molecule has 0 unspecified atom stereocenters. The molecule has 35 heavy (non-hydrogen) atoms. The van der Waals surface area contributed by atoms with Gasteiger partial charge in [-0.05, 0) is 73.9 Å². The van der Waals surface area contributed by atoms with E-state index in [0.717, 1.165) is 46.9 Å². The molecule has 1 heterocycles. The number of benzene rings is 3. The second kappa shape index (κ2) is 9.57. The van der Waals surface area contributed by atoms with Crippen molar-refractivity contribution in [2.75, 3.05) is 0 Å². The number of imidazole rings is 1. The fourth-order valence-corrected chi connectivity index (χ4v) is 4.84. The van der Waals surface area contributed by atoms with E-state index in [2.05, 4.69) is 9.67 Å². The predicted molar refractivity (Wildman–Crippen MR) is 143 cm³/mol. The topological polar surface area (TPSA) is 65.4 Å². The minimum atomic E-state index is -0.322. The van der Waals surface area contributed by atoms with Gasteiger partial charge in [0, 0.05) is 27.0 Å². The standard InChI is InChI=1S/C27H23Cl3N4O/c1-17-24(16-35-26(33-31)27(14-15-27)18-6-8-19(28)9-7-18)32-25(22-4-2-3-5-23(22)30)34(17)21-12-10-20(29)11-13-21/h2-13H,14-16,31H2,1H3/b33-26-. The summed E-state index contributed by atoms with van der Waals surface area (Å²) in [5.41, 5.74) is 4.21. The summed E-state index contributed by atoms with van der Waals surface area (Å²) in [6.07, 6.45) is 1.82. The zero-order chi connectivity index (χ0) is 24.6. The molecule has 1 saturated carbocycles. The van der Waals surface area contributed by atoms with E-state index in [1.165, 1.54) is 0 Å². The Bertz CT molecular complexity index is 1390. The maximum Gasteiger partial charge on any atom is 0.216 e. The SMILES string of the molecule is Cc1c(CO/C(=N\N)C2(c3ccc(Cl)cc3)CC2)nc(-c2ccccc2Cl)n1-c1ccc(Cl)cc1. The smallest absolute Gasteiger partial charge is 0.216 e. The summed E-state index contributed by atoms with van der Waals surface area (Å²) in [6.45, 7) is 2.22. The summed E-state index contributed by atoms with van der Waals surface area (Å²) < 4.78 is 8.28. The van der Waals surface area contributed by atoms with Gasteiger partial charge in [-0.15, -0.1) is 5.10 Å². The van der Waals surface area contributed by atoms with Gasteiger partial charge in [-0.2, -0.15) is 0 Å². The van der Waals surface area contributed by atoms with Crippen LogP contribution < -0.4 is 5.84 Å². The van der Waals surface area contributed by atoms with Gasteiger partial charge in [-0.1, -0.05) is 59.1 Å². The number of hydrogen-bond donors (Lipinski definition) is 1. The van der Waals surface area contributed by atoms with E-state index in [1.807, 2.05) is 79.7 Å². The fourth-order valence-electron chi connectivity index (χ4n) is 4.37. The van der Waals surface area contributed by atoms with Crippen molar-refractivity contribution in [1.82, 2.24) is 9.55 Å². The molecule has 5 nitrogen and oxygen atoms in total. The molecule has 0 amide bonds. The Morgan fingerprint density at radius 2 is 1.60 bits per heavy atom. The number of nitrogens with two attached hydrogens (primary N) is 1. The van der Waals surface area contributed by atoms with Crippen LogP contribution in [-0.4, -0.2) is 15.4 Å². The van der Waals surface area contributed by atoms with Gasteiger partial charge in [0.15, 0.2) is 0 Å². The second-order valence-electron chi connectivity index (χ2n) is 8.57. The maximum absolute atomic E-state index is 6.55. The summed E-state index contributed by atoms with van der Waals surface area (Å²) in [4.78, 5) is 4.94. The molecule has 0 aliphatic heterocycles. The van der Waals surface area contributed by atoms with Gasteiger partial charge in [0.05, 0.1) is 16.1 Å². The lowest BCUT2D eigenvalue weighted by Gasteiger charge is -2.18. The van der Waals surface area contributed by atoms with Gasteiger partial charge >= 0.3 is 0 Å². The number of halogens is 3. The molecule has 5 rings (SSSR count). The Morgan fingerprint density at radius 1 is 0.971 bits per heavy atom. The monoisotopic (exact) mass is 524 g/mol. The first-order chi connectivity index (χ1) is 16.9. The van der Waals surface area contributed by atoms with Gasteiger partial charge in [-0.25, -0.2) is 4.98 Å². The molecule has 0 radical (unpaired) electrons. The highest BCUT2D eigenvalue weighted by molar-refractivity contribution is 6.33. The molecule has 1 aromatic heterocycles. The Balaban J connectivity index is 1.50. The quantitative estimate of drug-likeness (QED) is 0.124. The minimum Gasteiger partial charge on any atom is -0.473 e. The van der Waals surface area contributed by atoms with Crippen LogP contribution in [0.25, 0.3) is 17.1 Å². The van der Waals surface area contributed by atoms with Gasteiger partial charge < -0.3 is 10.6 Å². The molecule has 0 bridgehead atoms. The molecule has 1 fully saturated rings. The van der Waals surface area contributed by atoms with E-state index < -0.39 is 0 Å². The van der Waals surface area contributed by atoms with Crippen LogP contribution >= 0.6 is 34.8 Å². The molecular formula is C27H23Cl3N4O. The Kier molecular flexibility index (Phi) is 6.49. The zero-order valence-corrected chi connectivity index (χ0v) is 21.3. The van der Waals surface area contributed by atoms with Crippen molar-refractivity contribution < 1.29 is 4.74 Å². The number of aromatic nitrogens is 2. The summed E-state index contributed by atoms with van der Waals surface area (Å²) in [7, 11) is 0. The van der Waals surface area contributed by atoms with E-state index in [0.29, 0.717) is 21.0 Å². The summed E-state index contributed by atoms with van der Waals surface area (Å²) in [6, 6.07) is 23.0. The maximum atomic E-state index is 6.55. The Hall–Kier alpha value is -2.99. The van der Waals surface area contributed by atoms with Crippen LogP contribution in [-0.2, 0) is 16.8 Å². The first kappa shape index (κ1) is 23.7. The number of ether oxygens (including phenoxy) is 1. The lowest BCUT2D eigenvalue weighted by Crippen LogP contribution is -2.25. The largest absolute Gasteiger partial charge is 0.473 e. The summed E-state index contributed by atoms with van der Waals surface area (Å²) in [5.74, 6) is 7.02. The van der Waals surface area contributed by atoms with Crippen LogP contribution in [0.1, 0.15) is 29.8 Å². The first-order valence-electron chi connectivity index (χ1n) is 11.2. The van der Waals surface area contributed by atoms with E-state index >= 15 is 0 Å². The molecule has 4 aromatic rings. The predicted octanol–water partition coefficient (Wildman–Crippen LogP) is 7.33. The highest BCUT2D eigenvalue weighted by atomic mass is 35.5. The van der Waals surface area contributed by atoms with Gasteiger partial charge in [0.25, 0.3) is 0 Å². The van der Waals surface area contributed by atoms with Crippen LogP contribution in [0.15, 0.2) is 77.9 Å². The van der Waals surface area contributed by atoms with E-state index in [1.54, 1.807) is 0 Å². The third-order valence-electron chi connectivity index (χ3n) is 6.42. The number of nitrogens with zero attached hydrogens (tertiary/aromatic N) is 3. The molecular weight excluding hydrogens is 503 g/mol. The Morgan fingerprint density at radius 3 is 2.20 bits per heavy atom. The Labute approximate surface area is 219 Å². The second-order valence-corrected chi connectivity index (χ2v) is 9.85. The van der Waals surface area contributed by atoms with Crippen molar-refractivity contribution in [3.05, 3.63) is 105 Å². The zero-order valence-electron chi connectivity index (χ0n) is 19.0. The molecule has 0 saturated heterocycles. The van der Waals surface area contributed by atoms with E-state index in [4.69, 9.17) is 50.4 Å². The van der Waals surface area contributed by atoms with Crippen molar-refractivity contribution in [3.63, 3.8) is 0 Å². The van der Waals surface area contributed by atoms with Crippen molar-refractivity contribution in [2.24, 2.45) is 10.9 Å². The number of rotatable bonds is 6. The highest BCUT2D eigenvalue weighted by Gasteiger charge is 2.51.